The molecule has 104 valence electrons. The zero-order valence-corrected chi connectivity index (χ0v) is 13.0. The van der Waals surface area contributed by atoms with Crippen molar-refractivity contribution in [3.63, 3.8) is 0 Å². The first-order chi connectivity index (χ1) is 8.63. The van der Waals surface area contributed by atoms with Crippen LogP contribution in [0.1, 0.15) is 31.2 Å². The first kappa shape index (κ1) is 15.6. The molecular weight excluding hydrogens is 296 g/mol. The SMILES string of the molecule is CCc1nn(C)c(CC(CCCOC)NN)c1Br. The molecule has 18 heavy (non-hydrogen) atoms. The number of hydrazine groups is 1. The van der Waals surface area contributed by atoms with Crippen molar-refractivity contribution < 1.29 is 4.74 Å². The molecule has 0 aromatic carbocycles. The minimum Gasteiger partial charge on any atom is -0.385 e. The normalized spacial score (nSPS) is 12.9. The molecule has 1 unspecified atom stereocenters. The van der Waals surface area contributed by atoms with Gasteiger partial charge in [-0.2, -0.15) is 5.10 Å². The summed E-state index contributed by atoms with van der Waals surface area (Å²) in [5.41, 5.74) is 5.16. The van der Waals surface area contributed by atoms with E-state index in [4.69, 9.17) is 10.6 Å². The highest BCUT2D eigenvalue weighted by Crippen LogP contribution is 2.23. The predicted octanol–water partition coefficient (Wildman–Crippen LogP) is 1.55. The molecule has 0 saturated heterocycles. The Morgan fingerprint density at radius 3 is 2.78 bits per heavy atom. The Balaban J connectivity index is 2.66. The van der Waals surface area contributed by atoms with Crippen LogP contribution in [0.25, 0.3) is 0 Å². The van der Waals surface area contributed by atoms with E-state index in [1.54, 1.807) is 7.11 Å². The Morgan fingerprint density at radius 2 is 2.28 bits per heavy atom. The van der Waals surface area contributed by atoms with E-state index in [1.807, 2.05) is 11.7 Å². The summed E-state index contributed by atoms with van der Waals surface area (Å²) < 4.78 is 8.11. The first-order valence-electron chi connectivity index (χ1n) is 6.29. The Bertz CT molecular complexity index is 367. The van der Waals surface area contributed by atoms with Crippen LogP contribution in [0, 0.1) is 0 Å². The first-order valence-corrected chi connectivity index (χ1v) is 7.08. The number of nitrogens with two attached hydrogens (primary N) is 1. The molecule has 0 amide bonds. The van der Waals surface area contributed by atoms with Gasteiger partial charge in [-0.1, -0.05) is 6.92 Å². The lowest BCUT2D eigenvalue weighted by atomic mass is 10.1. The van der Waals surface area contributed by atoms with Gasteiger partial charge in [0.25, 0.3) is 0 Å². The van der Waals surface area contributed by atoms with Crippen LogP contribution in [0.5, 0.6) is 0 Å². The molecule has 0 bridgehead atoms. The molecule has 0 saturated carbocycles. The summed E-state index contributed by atoms with van der Waals surface area (Å²) in [6.45, 7) is 2.87. The molecule has 0 aliphatic carbocycles. The summed E-state index contributed by atoms with van der Waals surface area (Å²) in [7, 11) is 3.69. The number of hydrogen-bond acceptors (Lipinski definition) is 4. The second-order valence-electron chi connectivity index (χ2n) is 4.39. The second kappa shape index (κ2) is 7.89. The molecular formula is C12H23BrN4O. The van der Waals surface area contributed by atoms with Crippen molar-refractivity contribution in [2.45, 2.75) is 38.6 Å². The van der Waals surface area contributed by atoms with Crippen LogP contribution in [0.2, 0.25) is 0 Å². The number of hydrogen-bond donors (Lipinski definition) is 2. The number of aromatic nitrogens is 2. The molecule has 1 rings (SSSR count). The van der Waals surface area contributed by atoms with Gasteiger partial charge in [-0.3, -0.25) is 16.0 Å². The summed E-state index contributed by atoms with van der Waals surface area (Å²) in [5.74, 6) is 5.61. The average Bonchev–Trinajstić information content (AvgIpc) is 2.64. The van der Waals surface area contributed by atoms with E-state index < -0.39 is 0 Å². The fourth-order valence-corrected chi connectivity index (χ4v) is 2.77. The van der Waals surface area contributed by atoms with Crippen LogP contribution in [0.3, 0.4) is 0 Å². The van der Waals surface area contributed by atoms with E-state index in [-0.39, 0.29) is 6.04 Å². The maximum absolute atomic E-state index is 5.61. The van der Waals surface area contributed by atoms with Gasteiger partial charge in [0.15, 0.2) is 0 Å². The smallest absolute Gasteiger partial charge is 0.0766 e. The van der Waals surface area contributed by atoms with Crippen molar-refractivity contribution in [3.05, 3.63) is 15.9 Å². The Morgan fingerprint density at radius 1 is 1.56 bits per heavy atom. The number of ether oxygens (including phenoxy) is 1. The average molecular weight is 319 g/mol. The summed E-state index contributed by atoms with van der Waals surface area (Å²) in [5, 5.41) is 4.49. The monoisotopic (exact) mass is 318 g/mol. The Labute approximate surface area is 117 Å². The summed E-state index contributed by atoms with van der Waals surface area (Å²) in [6, 6.07) is 0.247. The quantitative estimate of drug-likeness (QED) is 0.433. The van der Waals surface area contributed by atoms with E-state index >= 15 is 0 Å². The highest BCUT2D eigenvalue weighted by molar-refractivity contribution is 9.10. The third-order valence-electron chi connectivity index (χ3n) is 3.08. The highest BCUT2D eigenvalue weighted by Gasteiger charge is 2.16. The zero-order valence-electron chi connectivity index (χ0n) is 11.4. The standard InChI is InChI=1S/C12H23BrN4O/c1-4-10-12(13)11(17(2)16-10)8-9(15-14)6-5-7-18-3/h9,15H,4-8,14H2,1-3H3. The van der Waals surface area contributed by atoms with Gasteiger partial charge < -0.3 is 4.74 Å². The molecule has 6 heteroatoms. The lowest BCUT2D eigenvalue weighted by Gasteiger charge is -2.16. The maximum atomic E-state index is 5.61. The van der Waals surface area contributed by atoms with Gasteiger partial charge in [0.2, 0.25) is 0 Å². The molecule has 5 nitrogen and oxygen atoms in total. The molecule has 1 atom stereocenters. The summed E-state index contributed by atoms with van der Waals surface area (Å²) in [4.78, 5) is 0. The number of nitrogens with zero attached hydrogens (tertiary/aromatic N) is 2. The lowest BCUT2D eigenvalue weighted by Crippen LogP contribution is -2.37. The van der Waals surface area contributed by atoms with Crippen molar-refractivity contribution in [2.75, 3.05) is 13.7 Å². The minimum absolute atomic E-state index is 0.247. The van der Waals surface area contributed by atoms with Crippen LogP contribution >= 0.6 is 15.9 Å². The second-order valence-corrected chi connectivity index (χ2v) is 5.18. The number of rotatable bonds is 8. The highest BCUT2D eigenvalue weighted by atomic mass is 79.9. The third-order valence-corrected chi connectivity index (χ3v) is 3.99. The lowest BCUT2D eigenvalue weighted by molar-refractivity contribution is 0.188. The van der Waals surface area contributed by atoms with E-state index in [0.717, 1.165) is 42.5 Å². The molecule has 0 aliphatic rings. The fourth-order valence-electron chi connectivity index (χ4n) is 1.99. The Hall–Kier alpha value is -0.430. The van der Waals surface area contributed by atoms with Crippen LogP contribution in [0.4, 0.5) is 0 Å². The van der Waals surface area contributed by atoms with E-state index in [1.165, 1.54) is 5.69 Å². The molecule has 0 spiro atoms. The topological polar surface area (TPSA) is 65.1 Å². The van der Waals surface area contributed by atoms with Crippen LogP contribution < -0.4 is 11.3 Å². The van der Waals surface area contributed by atoms with E-state index in [0.29, 0.717) is 0 Å². The number of nitrogens with one attached hydrogen (secondary N) is 1. The van der Waals surface area contributed by atoms with E-state index in [2.05, 4.69) is 33.4 Å². The molecule has 1 aromatic heterocycles. The van der Waals surface area contributed by atoms with Crippen molar-refractivity contribution in [3.8, 4) is 0 Å². The van der Waals surface area contributed by atoms with Crippen LogP contribution in [-0.4, -0.2) is 29.5 Å². The van der Waals surface area contributed by atoms with Crippen molar-refractivity contribution in [1.29, 1.82) is 0 Å². The Kier molecular flexibility index (Phi) is 6.85. The molecule has 0 radical (unpaired) electrons. The van der Waals surface area contributed by atoms with Gasteiger partial charge in [-0.25, -0.2) is 0 Å². The summed E-state index contributed by atoms with van der Waals surface area (Å²) in [6.07, 6.45) is 3.79. The van der Waals surface area contributed by atoms with Crippen molar-refractivity contribution >= 4 is 15.9 Å². The number of methoxy groups -OCH3 is 1. The van der Waals surface area contributed by atoms with Gasteiger partial charge in [-0.05, 0) is 35.2 Å². The minimum atomic E-state index is 0.247. The molecule has 1 aromatic rings. The molecule has 1 heterocycles. The molecule has 3 N–H and O–H groups in total. The van der Waals surface area contributed by atoms with Crippen molar-refractivity contribution in [1.82, 2.24) is 15.2 Å². The fraction of sp³-hybridized carbons (Fsp3) is 0.750. The van der Waals surface area contributed by atoms with E-state index in [9.17, 15) is 0 Å². The molecule has 0 fully saturated rings. The number of aryl methyl sites for hydroxylation is 2. The largest absolute Gasteiger partial charge is 0.385 e. The van der Waals surface area contributed by atoms with Gasteiger partial charge in [0, 0.05) is 33.2 Å². The third kappa shape index (κ3) is 4.05. The maximum Gasteiger partial charge on any atom is 0.0766 e. The predicted molar refractivity (Wildman–Crippen MR) is 76.2 cm³/mol. The van der Waals surface area contributed by atoms with Gasteiger partial charge in [-0.15, -0.1) is 0 Å². The van der Waals surface area contributed by atoms with Gasteiger partial charge in [0.05, 0.1) is 15.9 Å². The van der Waals surface area contributed by atoms with Gasteiger partial charge in [0.1, 0.15) is 0 Å². The molecule has 0 aliphatic heterocycles. The number of halogens is 1. The van der Waals surface area contributed by atoms with Crippen LogP contribution in [0.15, 0.2) is 4.47 Å². The summed E-state index contributed by atoms with van der Waals surface area (Å²) >= 11 is 3.63. The van der Waals surface area contributed by atoms with Gasteiger partial charge >= 0.3 is 0 Å². The zero-order chi connectivity index (χ0) is 13.5. The van der Waals surface area contributed by atoms with Crippen LogP contribution in [-0.2, 0) is 24.6 Å². The van der Waals surface area contributed by atoms with Crippen molar-refractivity contribution in [2.24, 2.45) is 12.9 Å².